The van der Waals surface area contributed by atoms with Gasteiger partial charge in [-0.3, -0.25) is 4.79 Å². The molecule has 1 aromatic carbocycles. The zero-order valence-corrected chi connectivity index (χ0v) is 13.5. The van der Waals surface area contributed by atoms with Crippen LogP contribution >= 0.6 is 11.3 Å². The number of hydrogen-bond acceptors (Lipinski definition) is 5. The zero-order chi connectivity index (χ0) is 16.3. The number of fused-ring (bicyclic) bond motifs is 4. The lowest BCUT2D eigenvalue weighted by Crippen LogP contribution is -2.01. The first kappa shape index (κ1) is 13.4. The number of aryl methyl sites for hydroxylation is 1. The summed E-state index contributed by atoms with van der Waals surface area (Å²) in [4.78, 5) is 20.8. The van der Waals surface area contributed by atoms with E-state index in [4.69, 9.17) is 0 Å². The molecular weight excluding hydrogens is 322 g/mol. The van der Waals surface area contributed by atoms with Crippen LogP contribution in [0.25, 0.3) is 37.2 Å². The molecule has 4 heterocycles. The van der Waals surface area contributed by atoms with Crippen molar-refractivity contribution in [1.29, 1.82) is 0 Å². The molecule has 7 heteroatoms. The molecule has 0 fully saturated rings. The van der Waals surface area contributed by atoms with Gasteiger partial charge in [0.05, 0.1) is 22.4 Å². The maximum absolute atomic E-state index is 12.1. The standard InChI is InChI=1S/C17H11N5OS/c1-9-13(22-12-5-3-2-4-11(12)20-21-22)8-10-15-16(24-17(10)19-9)14(23)6-7-18-15/h2-8H,1H3,(H,18,23). The van der Waals surface area contributed by atoms with E-state index >= 15 is 0 Å². The Bertz CT molecular complexity index is 1300. The van der Waals surface area contributed by atoms with Crippen LogP contribution in [0, 0.1) is 6.92 Å². The van der Waals surface area contributed by atoms with Crippen LogP contribution in [-0.4, -0.2) is 25.0 Å². The highest BCUT2D eigenvalue weighted by molar-refractivity contribution is 7.25. The fourth-order valence-corrected chi connectivity index (χ4v) is 4.04. The summed E-state index contributed by atoms with van der Waals surface area (Å²) in [6, 6.07) is 11.4. The number of para-hydroxylation sites is 1. The van der Waals surface area contributed by atoms with Gasteiger partial charge in [-0.05, 0) is 25.1 Å². The Kier molecular flexibility index (Phi) is 2.63. The van der Waals surface area contributed by atoms with Crippen molar-refractivity contribution in [1.82, 2.24) is 25.0 Å². The number of H-pyrrole nitrogens is 1. The third kappa shape index (κ3) is 1.75. The van der Waals surface area contributed by atoms with Crippen molar-refractivity contribution in [2.45, 2.75) is 6.92 Å². The van der Waals surface area contributed by atoms with Crippen LogP contribution in [0.3, 0.4) is 0 Å². The Balaban J connectivity index is 1.89. The largest absolute Gasteiger partial charge is 0.360 e. The fraction of sp³-hybridized carbons (Fsp3) is 0.0588. The second-order valence-corrected chi connectivity index (χ2v) is 6.58. The van der Waals surface area contributed by atoms with Crippen LogP contribution in [0.2, 0.25) is 0 Å². The highest BCUT2D eigenvalue weighted by Crippen LogP contribution is 2.32. The summed E-state index contributed by atoms with van der Waals surface area (Å²) in [5.41, 5.74) is 4.30. The normalized spacial score (nSPS) is 11.7. The number of aromatic amines is 1. The van der Waals surface area contributed by atoms with Crippen LogP contribution in [0.4, 0.5) is 0 Å². The van der Waals surface area contributed by atoms with Crippen LogP contribution in [0.5, 0.6) is 0 Å². The van der Waals surface area contributed by atoms with Crippen LogP contribution in [0.1, 0.15) is 5.69 Å². The molecule has 4 aromatic heterocycles. The molecular formula is C17H11N5OS. The summed E-state index contributed by atoms with van der Waals surface area (Å²) in [6.07, 6.45) is 1.67. The minimum Gasteiger partial charge on any atom is -0.360 e. The highest BCUT2D eigenvalue weighted by atomic mass is 32.1. The molecule has 0 aliphatic carbocycles. The van der Waals surface area contributed by atoms with E-state index in [1.165, 1.54) is 17.4 Å². The molecule has 6 nitrogen and oxygen atoms in total. The Morgan fingerprint density at radius 3 is 3.00 bits per heavy atom. The van der Waals surface area contributed by atoms with Gasteiger partial charge in [0.1, 0.15) is 15.0 Å². The Morgan fingerprint density at radius 2 is 2.08 bits per heavy atom. The molecule has 0 amide bonds. The SMILES string of the molecule is Cc1nc2sc3c(=O)cc[nH]c3c2cc1-n1nnc2ccccc21. The first-order valence-corrected chi connectivity index (χ1v) is 8.26. The summed E-state index contributed by atoms with van der Waals surface area (Å²) >= 11 is 1.41. The summed E-state index contributed by atoms with van der Waals surface area (Å²) in [6.45, 7) is 1.94. The number of nitrogens with zero attached hydrogens (tertiary/aromatic N) is 4. The Morgan fingerprint density at radius 1 is 1.21 bits per heavy atom. The Hall–Kier alpha value is -3.06. The molecule has 5 aromatic rings. The lowest BCUT2D eigenvalue weighted by Gasteiger charge is -2.06. The lowest BCUT2D eigenvalue weighted by molar-refractivity contribution is 0.815. The molecule has 0 unspecified atom stereocenters. The van der Waals surface area contributed by atoms with Gasteiger partial charge in [-0.15, -0.1) is 16.4 Å². The van der Waals surface area contributed by atoms with Crippen molar-refractivity contribution in [2.75, 3.05) is 0 Å². The van der Waals surface area contributed by atoms with Gasteiger partial charge in [0.2, 0.25) is 0 Å². The van der Waals surface area contributed by atoms with Crippen LogP contribution in [0.15, 0.2) is 47.4 Å². The van der Waals surface area contributed by atoms with Gasteiger partial charge in [-0.25, -0.2) is 9.67 Å². The molecule has 0 bridgehead atoms. The van der Waals surface area contributed by atoms with E-state index in [9.17, 15) is 4.79 Å². The summed E-state index contributed by atoms with van der Waals surface area (Å²) in [5, 5.41) is 9.41. The van der Waals surface area contributed by atoms with E-state index in [1.807, 2.05) is 37.3 Å². The van der Waals surface area contributed by atoms with Gasteiger partial charge >= 0.3 is 0 Å². The summed E-state index contributed by atoms with van der Waals surface area (Å²) in [5.74, 6) is 0. The smallest absolute Gasteiger partial charge is 0.199 e. The molecule has 0 saturated heterocycles. The van der Waals surface area contributed by atoms with Crippen LogP contribution in [-0.2, 0) is 0 Å². The third-order valence-corrected chi connectivity index (χ3v) is 5.23. The molecule has 24 heavy (non-hydrogen) atoms. The van der Waals surface area contributed by atoms with Crippen molar-refractivity contribution in [3.63, 3.8) is 0 Å². The third-order valence-electron chi connectivity index (χ3n) is 4.11. The molecule has 0 saturated carbocycles. The number of benzene rings is 1. The quantitative estimate of drug-likeness (QED) is 0.511. The zero-order valence-electron chi connectivity index (χ0n) is 12.6. The van der Waals surface area contributed by atoms with Crippen LogP contribution < -0.4 is 5.43 Å². The number of nitrogens with one attached hydrogen (secondary N) is 1. The van der Waals surface area contributed by atoms with Gasteiger partial charge < -0.3 is 4.98 Å². The predicted molar refractivity (Wildman–Crippen MR) is 94.9 cm³/mol. The first-order valence-electron chi connectivity index (χ1n) is 7.45. The lowest BCUT2D eigenvalue weighted by atomic mass is 10.2. The van der Waals surface area contributed by atoms with Gasteiger partial charge in [0.15, 0.2) is 5.43 Å². The van der Waals surface area contributed by atoms with E-state index in [1.54, 1.807) is 10.9 Å². The van der Waals surface area contributed by atoms with E-state index < -0.39 is 0 Å². The number of thiophene rings is 1. The van der Waals surface area contributed by atoms with Crippen molar-refractivity contribution < 1.29 is 0 Å². The van der Waals surface area contributed by atoms with E-state index in [0.29, 0.717) is 4.70 Å². The monoisotopic (exact) mass is 333 g/mol. The Labute approximate surface area is 139 Å². The number of rotatable bonds is 1. The molecule has 0 atom stereocenters. The number of hydrogen-bond donors (Lipinski definition) is 1. The van der Waals surface area contributed by atoms with E-state index in [2.05, 4.69) is 20.3 Å². The van der Waals surface area contributed by atoms with E-state index in [0.717, 1.165) is 38.1 Å². The summed E-state index contributed by atoms with van der Waals surface area (Å²) < 4.78 is 2.49. The minimum atomic E-state index is 0.0113. The van der Waals surface area contributed by atoms with Gasteiger partial charge in [-0.1, -0.05) is 17.3 Å². The molecule has 1 N–H and O–H groups in total. The molecule has 116 valence electrons. The number of aromatic nitrogens is 5. The maximum Gasteiger partial charge on any atom is 0.199 e. The summed E-state index contributed by atoms with van der Waals surface area (Å²) in [7, 11) is 0. The highest BCUT2D eigenvalue weighted by Gasteiger charge is 2.15. The minimum absolute atomic E-state index is 0.0113. The topological polar surface area (TPSA) is 76.5 Å². The van der Waals surface area contributed by atoms with Gasteiger partial charge in [-0.2, -0.15) is 0 Å². The van der Waals surface area contributed by atoms with E-state index in [-0.39, 0.29) is 5.43 Å². The molecule has 0 aliphatic rings. The molecule has 0 spiro atoms. The molecule has 0 aliphatic heterocycles. The fourth-order valence-electron chi connectivity index (χ4n) is 2.95. The number of pyridine rings is 2. The molecule has 0 radical (unpaired) electrons. The predicted octanol–water partition coefficient (Wildman–Crippen LogP) is 3.18. The first-order chi connectivity index (χ1) is 11.7. The van der Waals surface area contributed by atoms with Gasteiger partial charge in [0.25, 0.3) is 0 Å². The van der Waals surface area contributed by atoms with Gasteiger partial charge in [0, 0.05) is 17.6 Å². The second kappa shape index (κ2) is 4.72. The van der Waals surface area contributed by atoms with Crippen molar-refractivity contribution in [2.24, 2.45) is 0 Å². The maximum atomic E-state index is 12.1. The van der Waals surface area contributed by atoms with Crippen molar-refractivity contribution in [3.8, 4) is 5.69 Å². The average Bonchev–Trinajstić information content (AvgIpc) is 3.16. The second-order valence-electron chi connectivity index (χ2n) is 5.58. The molecule has 5 rings (SSSR count). The van der Waals surface area contributed by atoms with Crippen molar-refractivity contribution in [3.05, 3.63) is 58.5 Å². The van der Waals surface area contributed by atoms with Crippen molar-refractivity contribution >= 4 is 42.8 Å². The average molecular weight is 333 g/mol.